The van der Waals surface area contributed by atoms with Gasteiger partial charge in [0.05, 0.1) is 0 Å². The summed E-state index contributed by atoms with van der Waals surface area (Å²) in [5, 5.41) is 10.6. The van der Waals surface area contributed by atoms with Crippen LogP contribution >= 0.6 is 0 Å². The van der Waals surface area contributed by atoms with Crippen LogP contribution in [-0.2, 0) is 11.2 Å². The number of aryl methyl sites for hydroxylation is 1. The first-order chi connectivity index (χ1) is 10.8. The summed E-state index contributed by atoms with van der Waals surface area (Å²) in [6.45, 7) is 1.93. The summed E-state index contributed by atoms with van der Waals surface area (Å²) >= 11 is 0. The fraction of sp³-hybridized carbons (Fsp3) is 0.188. The van der Waals surface area contributed by atoms with E-state index >= 15 is 0 Å². The molecule has 112 valence electrons. The minimum absolute atomic E-state index is 0.135. The molecule has 0 spiro atoms. The largest absolute Gasteiger partial charge is 0.385 e. The quantitative estimate of drug-likeness (QED) is 0.782. The Hall–Kier alpha value is -2.89. The van der Waals surface area contributed by atoms with Gasteiger partial charge in [-0.15, -0.1) is 5.10 Å². The van der Waals surface area contributed by atoms with Crippen molar-refractivity contribution in [2.75, 3.05) is 11.9 Å². The van der Waals surface area contributed by atoms with Crippen LogP contribution in [-0.4, -0.2) is 27.7 Å². The molecule has 0 aliphatic heterocycles. The first-order valence-electron chi connectivity index (χ1n) is 7.09. The fourth-order valence-electron chi connectivity index (χ4n) is 2.13. The van der Waals surface area contributed by atoms with Gasteiger partial charge >= 0.3 is 0 Å². The van der Waals surface area contributed by atoms with Crippen LogP contribution in [0.15, 0.2) is 48.5 Å². The van der Waals surface area contributed by atoms with E-state index in [9.17, 15) is 4.79 Å². The molecule has 0 aliphatic carbocycles. The van der Waals surface area contributed by atoms with Crippen LogP contribution in [0.1, 0.15) is 12.5 Å². The highest BCUT2D eigenvalue weighted by molar-refractivity contribution is 5.91. The van der Waals surface area contributed by atoms with Crippen molar-refractivity contribution in [3.63, 3.8) is 0 Å². The van der Waals surface area contributed by atoms with Gasteiger partial charge in [0.25, 0.3) is 5.91 Å². The smallest absolute Gasteiger partial charge is 0.265 e. The van der Waals surface area contributed by atoms with Crippen molar-refractivity contribution >= 4 is 22.6 Å². The summed E-state index contributed by atoms with van der Waals surface area (Å²) in [7, 11) is 0. The molecule has 0 fully saturated rings. The highest BCUT2D eigenvalue weighted by Crippen LogP contribution is 2.11. The number of carbonyl (C=O) groups excluding carboxylic acids is 1. The Balaban J connectivity index is 1.62. The van der Waals surface area contributed by atoms with E-state index in [1.165, 1.54) is 10.4 Å². The zero-order valence-corrected chi connectivity index (χ0v) is 12.2. The topological polar surface area (TPSA) is 69.0 Å². The number of hydrogen-bond acceptors (Lipinski definition) is 4. The molecule has 0 bridgehead atoms. The molecule has 3 aromatic rings. The first kappa shape index (κ1) is 14.1. The number of nitrogens with one attached hydrogen (secondary N) is 1. The second-order valence-electron chi connectivity index (χ2n) is 4.83. The zero-order valence-electron chi connectivity index (χ0n) is 12.2. The number of hydrogen-bond donors (Lipinski definition) is 1. The lowest BCUT2D eigenvalue weighted by molar-refractivity contribution is -0.121. The third-order valence-corrected chi connectivity index (χ3v) is 3.26. The Kier molecular flexibility index (Phi) is 4.00. The lowest BCUT2D eigenvalue weighted by atomic mass is 10.1. The predicted molar refractivity (Wildman–Crippen MR) is 83.4 cm³/mol. The lowest BCUT2D eigenvalue weighted by Crippen LogP contribution is -2.26. The Labute approximate surface area is 127 Å². The molecular formula is C16H16N4O2. The molecular weight excluding hydrogens is 280 g/mol. The minimum atomic E-state index is -0.243. The van der Waals surface area contributed by atoms with Crippen molar-refractivity contribution in [2.45, 2.75) is 13.3 Å². The Morgan fingerprint density at radius 1 is 1.23 bits per heavy atom. The van der Waals surface area contributed by atoms with Gasteiger partial charge in [-0.2, -0.15) is 0 Å². The summed E-state index contributed by atoms with van der Waals surface area (Å²) in [6.07, 6.45) is 0.922. The molecule has 0 unspecified atom stereocenters. The van der Waals surface area contributed by atoms with Gasteiger partial charge in [0, 0.05) is 5.69 Å². The van der Waals surface area contributed by atoms with Crippen LogP contribution < -0.4 is 10.2 Å². The number of nitrogens with zero attached hydrogens (tertiary/aromatic N) is 3. The average Bonchev–Trinajstić information content (AvgIpc) is 2.96. The molecule has 6 heteroatoms. The number of fused-ring (bicyclic) bond motifs is 1. The molecule has 1 aromatic heterocycles. The Morgan fingerprint density at radius 3 is 2.95 bits per heavy atom. The van der Waals surface area contributed by atoms with E-state index in [0.29, 0.717) is 0 Å². The van der Waals surface area contributed by atoms with Gasteiger partial charge in [0.2, 0.25) is 0 Å². The van der Waals surface area contributed by atoms with Gasteiger partial charge in [-0.3, -0.25) is 4.79 Å². The van der Waals surface area contributed by atoms with Crippen LogP contribution in [0.3, 0.4) is 0 Å². The molecule has 1 amide bonds. The lowest BCUT2D eigenvalue weighted by Gasteiger charge is -2.08. The van der Waals surface area contributed by atoms with Gasteiger partial charge in [-0.05, 0) is 41.5 Å². The van der Waals surface area contributed by atoms with Crippen molar-refractivity contribution < 1.29 is 9.63 Å². The minimum Gasteiger partial charge on any atom is -0.385 e. The fourth-order valence-corrected chi connectivity index (χ4v) is 2.13. The second kappa shape index (κ2) is 6.26. The molecule has 0 saturated heterocycles. The highest BCUT2D eigenvalue weighted by Gasteiger charge is 2.08. The predicted octanol–water partition coefficient (Wildman–Crippen LogP) is 2.06. The van der Waals surface area contributed by atoms with Gasteiger partial charge < -0.3 is 10.2 Å². The van der Waals surface area contributed by atoms with Gasteiger partial charge in [-0.1, -0.05) is 36.0 Å². The number of para-hydroxylation sites is 1. The van der Waals surface area contributed by atoms with E-state index in [4.69, 9.17) is 4.84 Å². The van der Waals surface area contributed by atoms with E-state index in [2.05, 4.69) is 22.6 Å². The van der Waals surface area contributed by atoms with Gasteiger partial charge in [0.15, 0.2) is 6.61 Å². The van der Waals surface area contributed by atoms with Crippen molar-refractivity contribution in [1.29, 1.82) is 0 Å². The first-order valence-corrected chi connectivity index (χ1v) is 7.09. The van der Waals surface area contributed by atoms with Gasteiger partial charge in [-0.25, -0.2) is 0 Å². The van der Waals surface area contributed by atoms with Crippen molar-refractivity contribution in [2.24, 2.45) is 0 Å². The van der Waals surface area contributed by atoms with E-state index in [-0.39, 0.29) is 12.5 Å². The summed E-state index contributed by atoms with van der Waals surface area (Å²) in [5.74, 6) is -0.243. The third-order valence-electron chi connectivity index (χ3n) is 3.26. The number of benzene rings is 2. The highest BCUT2D eigenvalue weighted by atomic mass is 16.7. The standard InChI is InChI=1S/C16H16N4O2/c1-2-12-6-5-7-13(10-12)17-16(21)11-22-20-15-9-4-3-8-14(15)18-19-20/h3-10H,2,11H2,1H3,(H,17,21). The SMILES string of the molecule is CCc1cccc(NC(=O)COn2nnc3ccccc32)c1. The van der Waals surface area contributed by atoms with Crippen LogP contribution in [0, 0.1) is 0 Å². The van der Waals surface area contributed by atoms with E-state index in [0.717, 1.165) is 23.1 Å². The van der Waals surface area contributed by atoms with Crippen LogP contribution in [0.25, 0.3) is 11.0 Å². The summed E-state index contributed by atoms with van der Waals surface area (Å²) < 4.78 is 0. The molecule has 1 heterocycles. The summed E-state index contributed by atoms with van der Waals surface area (Å²) in [6, 6.07) is 15.1. The number of carbonyl (C=O) groups is 1. The van der Waals surface area contributed by atoms with Crippen LogP contribution in [0.4, 0.5) is 5.69 Å². The van der Waals surface area contributed by atoms with Crippen LogP contribution in [0.2, 0.25) is 0 Å². The van der Waals surface area contributed by atoms with E-state index in [1.807, 2.05) is 48.5 Å². The Morgan fingerprint density at radius 2 is 2.09 bits per heavy atom. The molecule has 22 heavy (non-hydrogen) atoms. The normalized spacial score (nSPS) is 10.6. The number of amides is 1. The zero-order chi connectivity index (χ0) is 15.4. The van der Waals surface area contributed by atoms with Crippen molar-refractivity contribution in [3.8, 4) is 0 Å². The maximum atomic E-state index is 11.9. The third kappa shape index (κ3) is 3.06. The molecule has 3 rings (SSSR count). The van der Waals surface area contributed by atoms with Crippen molar-refractivity contribution in [3.05, 3.63) is 54.1 Å². The monoisotopic (exact) mass is 296 g/mol. The molecule has 6 nitrogen and oxygen atoms in total. The Bertz CT molecular complexity index is 797. The number of anilines is 1. The van der Waals surface area contributed by atoms with Crippen LogP contribution in [0.5, 0.6) is 0 Å². The van der Waals surface area contributed by atoms with E-state index in [1.54, 1.807) is 0 Å². The molecule has 2 aromatic carbocycles. The average molecular weight is 296 g/mol. The number of aromatic nitrogens is 3. The molecule has 1 N–H and O–H groups in total. The maximum Gasteiger partial charge on any atom is 0.265 e. The molecule has 0 radical (unpaired) electrons. The summed E-state index contributed by atoms with van der Waals surface area (Å²) in [5.41, 5.74) is 3.37. The second-order valence-corrected chi connectivity index (χ2v) is 4.83. The summed E-state index contributed by atoms with van der Waals surface area (Å²) in [4.78, 5) is 18.6. The molecule has 0 aliphatic rings. The van der Waals surface area contributed by atoms with Crippen molar-refractivity contribution in [1.82, 2.24) is 15.2 Å². The van der Waals surface area contributed by atoms with E-state index < -0.39 is 0 Å². The number of rotatable bonds is 5. The van der Waals surface area contributed by atoms with Gasteiger partial charge in [0.1, 0.15) is 11.0 Å². The molecule has 0 saturated carbocycles. The molecule has 0 atom stereocenters. The maximum absolute atomic E-state index is 11.9.